The average molecular weight is 271 g/mol. The van der Waals surface area contributed by atoms with E-state index in [0.717, 1.165) is 4.43 Å². The van der Waals surface area contributed by atoms with Gasteiger partial charge in [0.25, 0.3) is 0 Å². The molecule has 0 radical (unpaired) electrons. The monoisotopic (exact) mass is 271 g/mol. The van der Waals surface area contributed by atoms with Gasteiger partial charge in [-0.2, -0.15) is 0 Å². The van der Waals surface area contributed by atoms with Crippen molar-refractivity contribution in [1.82, 2.24) is 4.98 Å². The topological polar surface area (TPSA) is 15.8 Å². The molecule has 0 bridgehead atoms. The SMILES string of the molecule is Cc1cccc2[nH]cc(CI)c12. The molecule has 2 aromatic rings. The highest BCUT2D eigenvalue weighted by Gasteiger charge is 2.03. The van der Waals surface area contributed by atoms with Crippen molar-refractivity contribution in [2.24, 2.45) is 0 Å². The highest BCUT2D eigenvalue weighted by atomic mass is 127. The van der Waals surface area contributed by atoms with Crippen molar-refractivity contribution in [3.05, 3.63) is 35.5 Å². The molecule has 1 N–H and O–H groups in total. The van der Waals surface area contributed by atoms with Crippen molar-refractivity contribution in [3.63, 3.8) is 0 Å². The van der Waals surface area contributed by atoms with Gasteiger partial charge >= 0.3 is 0 Å². The summed E-state index contributed by atoms with van der Waals surface area (Å²) in [5, 5.41) is 1.40. The number of aromatic nitrogens is 1. The van der Waals surface area contributed by atoms with E-state index in [2.05, 4.69) is 58.9 Å². The van der Waals surface area contributed by atoms with Gasteiger partial charge in [-0.1, -0.05) is 34.7 Å². The Labute approximate surface area is 85.3 Å². The van der Waals surface area contributed by atoms with Crippen molar-refractivity contribution in [2.75, 3.05) is 0 Å². The molecule has 1 heterocycles. The molecule has 2 heteroatoms. The number of rotatable bonds is 1. The summed E-state index contributed by atoms with van der Waals surface area (Å²) in [5.41, 5.74) is 4.02. The van der Waals surface area contributed by atoms with Gasteiger partial charge in [0.05, 0.1) is 0 Å². The number of benzene rings is 1. The third-order valence-electron chi connectivity index (χ3n) is 2.14. The van der Waals surface area contributed by atoms with Gasteiger partial charge in [0.2, 0.25) is 0 Å². The van der Waals surface area contributed by atoms with E-state index in [1.807, 2.05) is 0 Å². The van der Waals surface area contributed by atoms with E-state index in [1.54, 1.807) is 0 Å². The van der Waals surface area contributed by atoms with Gasteiger partial charge in [-0.15, -0.1) is 0 Å². The number of H-pyrrole nitrogens is 1. The molecule has 0 aliphatic rings. The zero-order valence-corrected chi connectivity index (χ0v) is 9.05. The van der Waals surface area contributed by atoms with Crippen LogP contribution in [0, 0.1) is 6.92 Å². The fraction of sp³-hybridized carbons (Fsp3) is 0.200. The predicted molar refractivity (Wildman–Crippen MR) is 60.8 cm³/mol. The van der Waals surface area contributed by atoms with Crippen LogP contribution >= 0.6 is 22.6 Å². The minimum Gasteiger partial charge on any atom is -0.361 e. The molecular weight excluding hydrogens is 261 g/mol. The van der Waals surface area contributed by atoms with E-state index in [0.29, 0.717) is 0 Å². The summed E-state index contributed by atoms with van der Waals surface area (Å²) in [4.78, 5) is 3.28. The summed E-state index contributed by atoms with van der Waals surface area (Å²) in [5.74, 6) is 0. The highest BCUT2D eigenvalue weighted by molar-refractivity contribution is 14.1. The third-order valence-corrected chi connectivity index (χ3v) is 2.96. The lowest BCUT2D eigenvalue weighted by Gasteiger charge is -1.97. The maximum absolute atomic E-state index is 3.28. The molecule has 0 saturated carbocycles. The maximum atomic E-state index is 3.28. The minimum atomic E-state index is 1.07. The summed E-state index contributed by atoms with van der Waals surface area (Å²) in [6.45, 7) is 2.16. The van der Waals surface area contributed by atoms with E-state index >= 15 is 0 Å². The smallest absolute Gasteiger partial charge is 0.0459 e. The quantitative estimate of drug-likeness (QED) is 0.604. The van der Waals surface area contributed by atoms with E-state index in [1.165, 1.54) is 22.0 Å². The number of aryl methyl sites for hydroxylation is 1. The lowest BCUT2D eigenvalue weighted by Crippen LogP contribution is -1.77. The molecule has 1 aromatic carbocycles. The molecule has 12 heavy (non-hydrogen) atoms. The van der Waals surface area contributed by atoms with E-state index in [-0.39, 0.29) is 0 Å². The third kappa shape index (κ3) is 1.14. The number of hydrogen-bond acceptors (Lipinski definition) is 0. The molecule has 0 aliphatic heterocycles. The van der Waals surface area contributed by atoms with Crippen LogP contribution in [0.25, 0.3) is 10.9 Å². The summed E-state index contributed by atoms with van der Waals surface area (Å²) in [6.07, 6.45) is 2.10. The molecule has 0 atom stereocenters. The largest absolute Gasteiger partial charge is 0.361 e. The number of hydrogen-bond donors (Lipinski definition) is 1. The molecule has 0 fully saturated rings. The van der Waals surface area contributed by atoms with Crippen molar-refractivity contribution < 1.29 is 0 Å². The van der Waals surface area contributed by atoms with E-state index in [4.69, 9.17) is 0 Å². The number of nitrogens with one attached hydrogen (secondary N) is 1. The summed E-state index contributed by atoms with van der Waals surface area (Å²) >= 11 is 2.39. The van der Waals surface area contributed by atoms with Crippen LogP contribution in [-0.4, -0.2) is 4.98 Å². The molecule has 1 aromatic heterocycles. The number of aromatic amines is 1. The predicted octanol–water partition coefficient (Wildman–Crippen LogP) is 3.41. The van der Waals surface area contributed by atoms with Crippen molar-refractivity contribution in [1.29, 1.82) is 0 Å². The van der Waals surface area contributed by atoms with Crippen molar-refractivity contribution in [2.45, 2.75) is 11.4 Å². The fourth-order valence-corrected chi connectivity index (χ4v) is 2.16. The Hall–Kier alpha value is -0.510. The molecule has 62 valence electrons. The summed E-state index contributed by atoms with van der Waals surface area (Å²) in [7, 11) is 0. The Morgan fingerprint density at radius 1 is 1.42 bits per heavy atom. The first-order valence-electron chi connectivity index (χ1n) is 3.94. The summed E-state index contributed by atoms with van der Waals surface area (Å²) in [6, 6.07) is 6.37. The Balaban J connectivity index is 2.83. The van der Waals surface area contributed by atoms with Crippen LogP contribution in [0.3, 0.4) is 0 Å². The Kier molecular flexibility index (Phi) is 2.09. The highest BCUT2D eigenvalue weighted by Crippen LogP contribution is 2.23. The first-order chi connectivity index (χ1) is 5.83. The van der Waals surface area contributed by atoms with Gasteiger partial charge in [0.15, 0.2) is 0 Å². The van der Waals surface area contributed by atoms with E-state index in [9.17, 15) is 0 Å². The number of alkyl halides is 1. The van der Waals surface area contributed by atoms with Crippen LogP contribution in [0.15, 0.2) is 24.4 Å². The van der Waals surface area contributed by atoms with Gasteiger partial charge in [-0.25, -0.2) is 0 Å². The van der Waals surface area contributed by atoms with Gasteiger partial charge in [-0.3, -0.25) is 0 Å². The zero-order chi connectivity index (χ0) is 8.55. The fourth-order valence-electron chi connectivity index (χ4n) is 1.56. The second kappa shape index (κ2) is 3.09. The molecule has 0 saturated heterocycles. The van der Waals surface area contributed by atoms with Crippen LogP contribution < -0.4 is 0 Å². The molecule has 0 unspecified atom stereocenters. The first-order valence-corrected chi connectivity index (χ1v) is 5.47. The Morgan fingerprint density at radius 3 is 3.00 bits per heavy atom. The van der Waals surface area contributed by atoms with Crippen LogP contribution in [-0.2, 0) is 4.43 Å². The number of fused-ring (bicyclic) bond motifs is 1. The van der Waals surface area contributed by atoms with Crippen LogP contribution in [0.1, 0.15) is 11.1 Å². The average Bonchev–Trinajstić information content (AvgIpc) is 2.49. The first kappa shape index (κ1) is 8.10. The second-order valence-corrected chi connectivity index (χ2v) is 3.71. The van der Waals surface area contributed by atoms with Crippen molar-refractivity contribution >= 4 is 33.5 Å². The molecular formula is C10H10IN. The molecule has 0 spiro atoms. The molecule has 1 nitrogen and oxygen atoms in total. The Morgan fingerprint density at radius 2 is 2.25 bits per heavy atom. The summed E-state index contributed by atoms with van der Waals surface area (Å²) < 4.78 is 1.07. The van der Waals surface area contributed by atoms with Crippen molar-refractivity contribution in [3.8, 4) is 0 Å². The van der Waals surface area contributed by atoms with Gasteiger partial charge < -0.3 is 4.98 Å². The molecule has 2 rings (SSSR count). The van der Waals surface area contributed by atoms with Crippen LogP contribution in [0.2, 0.25) is 0 Å². The minimum absolute atomic E-state index is 1.07. The normalized spacial score (nSPS) is 10.8. The van der Waals surface area contributed by atoms with Gasteiger partial charge in [-0.05, 0) is 24.1 Å². The molecule has 0 amide bonds. The van der Waals surface area contributed by atoms with Crippen LogP contribution in [0.5, 0.6) is 0 Å². The Bertz CT molecular complexity index is 403. The second-order valence-electron chi connectivity index (χ2n) is 2.95. The maximum Gasteiger partial charge on any atom is 0.0459 e. The lowest BCUT2D eigenvalue weighted by molar-refractivity contribution is 1.42. The standard InChI is InChI=1S/C10H10IN/c1-7-3-2-4-9-10(7)8(5-11)6-12-9/h2-4,6,12H,5H2,1H3. The van der Waals surface area contributed by atoms with E-state index < -0.39 is 0 Å². The molecule has 0 aliphatic carbocycles. The number of halogens is 1. The van der Waals surface area contributed by atoms with Gasteiger partial charge in [0, 0.05) is 21.5 Å². The van der Waals surface area contributed by atoms with Crippen LogP contribution in [0.4, 0.5) is 0 Å². The van der Waals surface area contributed by atoms with Gasteiger partial charge in [0.1, 0.15) is 0 Å². The zero-order valence-electron chi connectivity index (χ0n) is 6.89. The lowest BCUT2D eigenvalue weighted by atomic mass is 10.1.